The maximum absolute atomic E-state index is 12.1. The van der Waals surface area contributed by atoms with E-state index in [1.807, 2.05) is 18.2 Å². The molecule has 1 fully saturated rings. The minimum Gasteiger partial charge on any atom is -0.366 e. The van der Waals surface area contributed by atoms with E-state index in [0.717, 1.165) is 6.54 Å². The maximum Gasteiger partial charge on any atom is 0.250 e. The van der Waals surface area contributed by atoms with Crippen LogP contribution in [0.2, 0.25) is 0 Å². The van der Waals surface area contributed by atoms with E-state index in [9.17, 15) is 4.79 Å². The van der Waals surface area contributed by atoms with Gasteiger partial charge in [-0.15, -0.1) is 0 Å². The molecule has 0 radical (unpaired) electrons. The fourth-order valence-electron chi connectivity index (χ4n) is 2.50. The molecule has 1 aromatic carbocycles. The lowest BCUT2D eigenvalue weighted by atomic mass is 9.88. The molecule has 1 aromatic rings. The van der Waals surface area contributed by atoms with Gasteiger partial charge in [-0.1, -0.05) is 44.2 Å². The number of rotatable bonds is 5. The average Bonchev–Trinajstić information content (AvgIpc) is 2.49. The van der Waals surface area contributed by atoms with Crippen molar-refractivity contribution >= 4 is 5.91 Å². The summed E-state index contributed by atoms with van der Waals surface area (Å²) in [6.07, 6.45) is -0.354. The molecule has 1 aliphatic rings. The number of hydrogen-bond donors (Lipinski definition) is 2. The molecule has 2 unspecified atom stereocenters. The van der Waals surface area contributed by atoms with Crippen molar-refractivity contribution in [2.75, 3.05) is 26.2 Å². The van der Waals surface area contributed by atoms with E-state index in [4.69, 9.17) is 4.74 Å². The lowest BCUT2D eigenvalue weighted by Crippen LogP contribution is -2.48. The molecule has 4 nitrogen and oxygen atoms in total. The summed E-state index contributed by atoms with van der Waals surface area (Å²) >= 11 is 0. The quantitative estimate of drug-likeness (QED) is 0.857. The molecule has 0 aliphatic carbocycles. The first-order valence-electron chi connectivity index (χ1n) is 7.33. The van der Waals surface area contributed by atoms with Crippen molar-refractivity contribution in [2.24, 2.45) is 5.92 Å². The predicted molar refractivity (Wildman–Crippen MR) is 79.6 cm³/mol. The number of nitrogens with one attached hydrogen (secondary N) is 2. The Bertz CT molecular complexity index is 414. The molecule has 4 heteroatoms. The van der Waals surface area contributed by atoms with Crippen LogP contribution in [0.1, 0.15) is 25.3 Å². The van der Waals surface area contributed by atoms with Crippen molar-refractivity contribution in [1.82, 2.24) is 10.6 Å². The number of ether oxygens (including phenoxy) is 1. The fraction of sp³-hybridized carbons (Fsp3) is 0.562. The fourth-order valence-corrected chi connectivity index (χ4v) is 2.50. The first-order chi connectivity index (χ1) is 9.68. The highest BCUT2D eigenvalue weighted by Gasteiger charge is 2.23. The van der Waals surface area contributed by atoms with Crippen LogP contribution in [-0.4, -0.2) is 38.3 Å². The first kappa shape index (κ1) is 15.0. The van der Waals surface area contributed by atoms with Gasteiger partial charge in [0.1, 0.15) is 6.10 Å². The Balaban J connectivity index is 1.91. The zero-order valence-electron chi connectivity index (χ0n) is 12.3. The second kappa shape index (κ2) is 7.41. The van der Waals surface area contributed by atoms with Crippen LogP contribution in [0.3, 0.4) is 0 Å². The zero-order chi connectivity index (χ0) is 14.4. The summed E-state index contributed by atoms with van der Waals surface area (Å²) in [5, 5.41) is 6.20. The smallest absolute Gasteiger partial charge is 0.250 e. The van der Waals surface area contributed by atoms with Crippen molar-refractivity contribution in [1.29, 1.82) is 0 Å². The van der Waals surface area contributed by atoms with Gasteiger partial charge in [0.15, 0.2) is 0 Å². The van der Waals surface area contributed by atoms with E-state index < -0.39 is 0 Å². The van der Waals surface area contributed by atoms with Crippen LogP contribution in [0, 0.1) is 5.92 Å². The molecule has 2 N–H and O–H groups in total. The normalized spacial score (nSPS) is 20.6. The highest BCUT2D eigenvalue weighted by molar-refractivity contribution is 5.81. The van der Waals surface area contributed by atoms with Gasteiger partial charge < -0.3 is 15.4 Å². The number of benzene rings is 1. The largest absolute Gasteiger partial charge is 0.366 e. The van der Waals surface area contributed by atoms with Crippen molar-refractivity contribution in [3.63, 3.8) is 0 Å². The molecule has 1 aliphatic heterocycles. The molecule has 1 amide bonds. The van der Waals surface area contributed by atoms with Crippen LogP contribution in [0.15, 0.2) is 30.3 Å². The topological polar surface area (TPSA) is 50.4 Å². The van der Waals surface area contributed by atoms with Gasteiger partial charge in [0.2, 0.25) is 5.91 Å². The average molecular weight is 276 g/mol. The monoisotopic (exact) mass is 276 g/mol. The summed E-state index contributed by atoms with van der Waals surface area (Å²) in [6, 6.07) is 10.3. The van der Waals surface area contributed by atoms with Gasteiger partial charge in [-0.05, 0) is 11.5 Å². The predicted octanol–water partition coefficient (Wildman–Crippen LogP) is 1.53. The van der Waals surface area contributed by atoms with Crippen LogP contribution < -0.4 is 10.6 Å². The van der Waals surface area contributed by atoms with Crippen molar-refractivity contribution in [2.45, 2.75) is 25.9 Å². The van der Waals surface area contributed by atoms with Crippen LogP contribution in [0.5, 0.6) is 0 Å². The third kappa shape index (κ3) is 4.05. The Labute approximate surface area is 120 Å². The number of carbonyl (C=O) groups is 1. The van der Waals surface area contributed by atoms with Gasteiger partial charge in [-0.3, -0.25) is 4.79 Å². The van der Waals surface area contributed by atoms with Gasteiger partial charge in [0.25, 0.3) is 0 Å². The molecule has 0 saturated carbocycles. The Kier molecular flexibility index (Phi) is 5.56. The van der Waals surface area contributed by atoms with E-state index in [-0.39, 0.29) is 12.0 Å². The number of amides is 1. The van der Waals surface area contributed by atoms with Crippen molar-refractivity contribution < 1.29 is 9.53 Å². The van der Waals surface area contributed by atoms with Gasteiger partial charge in [0.05, 0.1) is 6.61 Å². The van der Waals surface area contributed by atoms with Crippen molar-refractivity contribution in [3.8, 4) is 0 Å². The first-order valence-corrected chi connectivity index (χ1v) is 7.33. The Morgan fingerprint density at radius 2 is 2.15 bits per heavy atom. The van der Waals surface area contributed by atoms with E-state index >= 15 is 0 Å². The van der Waals surface area contributed by atoms with Crippen molar-refractivity contribution in [3.05, 3.63) is 35.9 Å². The zero-order valence-corrected chi connectivity index (χ0v) is 12.3. The molecule has 110 valence electrons. The van der Waals surface area contributed by atoms with Gasteiger partial charge in [-0.2, -0.15) is 0 Å². The minimum atomic E-state index is -0.354. The molecule has 1 saturated heterocycles. The van der Waals surface area contributed by atoms with Crippen LogP contribution in [0.25, 0.3) is 0 Å². The molecule has 1 heterocycles. The highest BCUT2D eigenvalue weighted by atomic mass is 16.5. The second-order valence-corrected chi connectivity index (χ2v) is 5.57. The SMILES string of the molecule is CC(C)C(CNC(=O)C1CNCCO1)c1ccccc1. The van der Waals surface area contributed by atoms with E-state index in [0.29, 0.717) is 31.5 Å². The molecular weight excluding hydrogens is 252 g/mol. The Hall–Kier alpha value is -1.39. The lowest BCUT2D eigenvalue weighted by Gasteiger charge is -2.26. The summed E-state index contributed by atoms with van der Waals surface area (Å²) in [7, 11) is 0. The minimum absolute atomic E-state index is 0.0150. The molecule has 0 bridgehead atoms. The van der Waals surface area contributed by atoms with Gasteiger partial charge in [-0.25, -0.2) is 0 Å². The lowest BCUT2D eigenvalue weighted by molar-refractivity contribution is -0.134. The molecule has 20 heavy (non-hydrogen) atoms. The summed E-state index contributed by atoms with van der Waals surface area (Å²) in [5.74, 6) is 0.790. The molecule has 0 spiro atoms. The molecule has 2 rings (SSSR count). The summed E-state index contributed by atoms with van der Waals surface area (Å²) in [4.78, 5) is 12.1. The summed E-state index contributed by atoms with van der Waals surface area (Å²) in [6.45, 7) is 7.04. The van der Waals surface area contributed by atoms with E-state index in [1.54, 1.807) is 0 Å². The van der Waals surface area contributed by atoms with E-state index in [1.165, 1.54) is 5.56 Å². The molecule has 2 atom stereocenters. The van der Waals surface area contributed by atoms with Crippen LogP contribution in [0.4, 0.5) is 0 Å². The summed E-state index contributed by atoms with van der Waals surface area (Å²) in [5.41, 5.74) is 1.27. The summed E-state index contributed by atoms with van der Waals surface area (Å²) < 4.78 is 5.46. The number of carbonyl (C=O) groups excluding carboxylic acids is 1. The van der Waals surface area contributed by atoms with Crippen LogP contribution in [-0.2, 0) is 9.53 Å². The highest BCUT2D eigenvalue weighted by Crippen LogP contribution is 2.23. The van der Waals surface area contributed by atoms with Gasteiger partial charge >= 0.3 is 0 Å². The maximum atomic E-state index is 12.1. The molecule has 0 aromatic heterocycles. The number of morpholine rings is 1. The van der Waals surface area contributed by atoms with Gasteiger partial charge in [0, 0.05) is 25.6 Å². The number of hydrogen-bond acceptors (Lipinski definition) is 3. The Morgan fingerprint density at radius 1 is 1.40 bits per heavy atom. The second-order valence-electron chi connectivity index (χ2n) is 5.57. The van der Waals surface area contributed by atoms with E-state index in [2.05, 4.69) is 36.6 Å². The Morgan fingerprint density at radius 3 is 2.75 bits per heavy atom. The molecular formula is C16H24N2O2. The van der Waals surface area contributed by atoms with Crippen LogP contribution >= 0.6 is 0 Å². The third-order valence-corrected chi connectivity index (χ3v) is 3.75. The third-order valence-electron chi connectivity index (χ3n) is 3.75. The standard InChI is InChI=1S/C16H24N2O2/c1-12(2)14(13-6-4-3-5-7-13)10-18-16(19)15-11-17-8-9-20-15/h3-7,12,14-15,17H,8-11H2,1-2H3,(H,18,19).